The summed E-state index contributed by atoms with van der Waals surface area (Å²) in [5, 5.41) is 2.87. The Hall–Kier alpha value is -1.77. The molecular weight excluding hydrogens is 382 g/mol. The van der Waals surface area contributed by atoms with Crippen LogP contribution in [0.2, 0.25) is 0 Å². The zero-order chi connectivity index (χ0) is 19.9. The maximum absolute atomic E-state index is 12.6. The minimum atomic E-state index is -3.57. The molecule has 6 nitrogen and oxygen atoms in total. The number of benzene rings is 1. The molecule has 8 heteroatoms. The second-order valence-corrected chi connectivity index (χ2v) is 9.14. The fourth-order valence-corrected chi connectivity index (χ4v) is 5.09. The van der Waals surface area contributed by atoms with Gasteiger partial charge in [0, 0.05) is 37.8 Å². The summed E-state index contributed by atoms with van der Waals surface area (Å²) in [6.07, 6.45) is 2.33. The highest BCUT2D eigenvalue weighted by atomic mass is 32.2. The summed E-state index contributed by atoms with van der Waals surface area (Å²) in [6.45, 7) is 4.93. The van der Waals surface area contributed by atoms with Crippen LogP contribution in [-0.2, 0) is 17.1 Å². The van der Waals surface area contributed by atoms with E-state index in [4.69, 9.17) is 0 Å². The fourth-order valence-electron chi connectivity index (χ4n) is 2.69. The SMILES string of the molecule is CCN(CC)S(=O)(=O)c1cc(C(=O)NCCCSc2ccccc2)n(C)c1. The second-order valence-electron chi connectivity index (χ2n) is 6.03. The lowest BCUT2D eigenvalue weighted by Gasteiger charge is -2.17. The van der Waals surface area contributed by atoms with Crippen LogP contribution in [0.5, 0.6) is 0 Å². The van der Waals surface area contributed by atoms with Gasteiger partial charge in [0.15, 0.2) is 0 Å². The maximum Gasteiger partial charge on any atom is 0.267 e. The van der Waals surface area contributed by atoms with E-state index in [1.165, 1.54) is 21.5 Å². The standard InChI is InChI=1S/C19H27N3O3S2/c1-4-22(5-2)27(24,25)17-14-18(21(3)15-17)19(23)20-12-9-13-26-16-10-7-6-8-11-16/h6-8,10-11,14-15H,4-5,9,12-13H2,1-3H3,(H,20,23). The molecule has 1 aromatic carbocycles. The summed E-state index contributed by atoms with van der Waals surface area (Å²) in [5.74, 6) is 0.641. The molecular formula is C19H27N3O3S2. The Balaban J connectivity index is 1.90. The first-order chi connectivity index (χ1) is 12.9. The lowest BCUT2D eigenvalue weighted by molar-refractivity contribution is 0.0945. The van der Waals surface area contributed by atoms with Crippen molar-refractivity contribution in [3.8, 4) is 0 Å². The van der Waals surface area contributed by atoms with Gasteiger partial charge in [-0.15, -0.1) is 11.8 Å². The van der Waals surface area contributed by atoms with Crippen molar-refractivity contribution in [2.75, 3.05) is 25.4 Å². The van der Waals surface area contributed by atoms with Crippen LogP contribution in [0.1, 0.15) is 30.8 Å². The van der Waals surface area contributed by atoms with Gasteiger partial charge in [-0.05, 0) is 30.4 Å². The highest BCUT2D eigenvalue weighted by Gasteiger charge is 2.25. The van der Waals surface area contributed by atoms with Crippen molar-refractivity contribution < 1.29 is 13.2 Å². The van der Waals surface area contributed by atoms with Crippen LogP contribution < -0.4 is 5.32 Å². The summed E-state index contributed by atoms with van der Waals surface area (Å²) >= 11 is 1.75. The van der Waals surface area contributed by atoms with Crippen molar-refractivity contribution >= 4 is 27.7 Å². The van der Waals surface area contributed by atoms with Crippen LogP contribution in [-0.4, -0.2) is 48.6 Å². The fraction of sp³-hybridized carbons (Fsp3) is 0.421. The molecule has 148 valence electrons. The average Bonchev–Trinajstić information content (AvgIpc) is 3.05. The first-order valence-corrected chi connectivity index (χ1v) is 11.4. The number of aryl methyl sites for hydroxylation is 1. The van der Waals surface area contributed by atoms with Crippen LogP contribution in [0.3, 0.4) is 0 Å². The van der Waals surface area contributed by atoms with Gasteiger partial charge in [0.25, 0.3) is 5.91 Å². The van der Waals surface area contributed by atoms with Crippen molar-refractivity contribution in [1.82, 2.24) is 14.2 Å². The molecule has 0 saturated carbocycles. The molecule has 1 N–H and O–H groups in total. The lowest BCUT2D eigenvalue weighted by Crippen LogP contribution is -2.30. The van der Waals surface area contributed by atoms with E-state index >= 15 is 0 Å². The predicted octanol–water partition coefficient (Wildman–Crippen LogP) is 2.97. The molecule has 2 aromatic rings. The topological polar surface area (TPSA) is 71.4 Å². The van der Waals surface area contributed by atoms with Crippen molar-refractivity contribution in [2.24, 2.45) is 7.05 Å². The number of rotatable bonds is 10. The Kier molecular flexibility index (Phi) is 7.94. The van der Waals surface area contributed by atoms with Crippen LogP contribution in [0.15, 0.2) is 52.4 Å². The summed E-state index contributed by atoms with van der Waals surface area (Å²) in [5.41, 5.74) is 0.344. The average molecular weight is 410 g/mol. The Labute approximate surface area is 166 Å². The molecule has 0 aliphatic rings. The summed E-state index contributed by atoms with van der Waals surface area (Å²) in [6, 6.07) is 11.6. The minimum absolute atomic E-state index is 0.151. The molecule has 1 amide bonds. The summed E-state index contributed by atoms with van der Waals surface area (Å²) < 4.78 is 28.1. The number of carbonyl (C=O) groups excluding carboxylic acids is 1. The van der Waals surface area contributed by atoms with E-state index in [2.05, 4.69) is 17.4 Å². The summed E-state index contributed by atoms with van der Waals surface area (Å²) in [4.78, 5) is 13.8. The number of nitrogens with one attached hydrogen (secondary N) is 1. The highest BCUT2D eigenvalue weighted by Crippen LogP contribution is 2.19. The molecule has 0 bridgehead atoms. The molecule has 0 spiro atoms. The maximum atomic E-state index is 12.6. The first kappa shape index (κ1) is 21.5. The van der Waals surface area contributed by atoms with Gasteiger partial charge in [0.05, 0.1) is 0 Å². The van der Waals surface area contributed by atoms with E-state index in [1.54, 1.807) is 37.2 Å². The number of aromatic nitrogens is 1. The minimum Gasteiger partial charge on any atom is -0.351 e. The van der Waals surface area contributed by atoms with Gasteiger partial charge < -0.3 is 9.88 Å². The van der Waals surface area contributed by atoms with Gasteiger partial charge in [-0.3, -0.25) is 4.79 Å². The van der Waals surface area contributed by atoms with Crippen LogP contribution in [0, 0.1) is 0 Å². The molecule has 0 aliphatic heterocycles. The van der Waals surface area contributed by atoms with E-state index in [1.807, 2.05) is 18.2 Å². The second kappa shape index (κ2) is 9.96. The van der Waals surface area contributed by atoms with E-state index in [0.29, 0.717) is 25.3 Å². The largest absolute Gasteiger partial charge is 0.351 e. The van der Waals surface area contributed by atoms with Crippen LogP contribution in [0.4, 0.5) is 0 Å². The molecule has 2 rings (SSSR count). The number of thioether (sulfide) groups is 1. The van der Waals surface area contributed by atoms with Crippen molar-refractivity contribution in [2.45, 2.75) is 30.1 Å². The molecule has 0 unspecified atom stereocenters. The molecule has 0 atom stereocenters. The van der Waals surface area contributed by atoms with Gasteiger partial charge in [-0.1, -0.05) is 32.0 Å². The van der Waals surface area contributed by atoms with Gasteiger partial charge in [0.2, 0.25) is 10.0 Å². The smallest absolute Gasteiger partial charge is 0.267 e. The number of amides is 1. The van der Waals surface area contributed by atoms with Crippen LogP contribution in [0.25, 0.3) is 0 Å². The van der Waals surface area contributed by atoms with E-state index in [0.717, 1.165) is 12.2 Å². The molecule has 0 radical (unpaired) electrons. The molecule has 0 saturated heterocycles. The third-order valence-electron chi connectivity index (χ3n) is 4.17. The Morgan fingerprint density at radius 1 is 1.19 bits per heavy atom. The number of sulfonamides is 1. The molecule has 0 aliphatic carbocycles. The Morgan fingerprint density at radius 3 is 2.48 bits per heavy atom. The number of carbonyl (C=O) groups is 1. The quantitative estimate of drug-likeness (QED) is 0.484. The van der Waals surface area contributed by atoms with Gasteiger partial charge >= 0.3 is 0 Å². The number of nitrogens with zero attached hydrogens (tertiary/aromatic N) is 2. The van der Waals surface area contributed by atoms with E-state index in [-0.39, 0.29) is 10.8 Å². The monoisotopic (exact) mass is 409 g/mol. The summed E-state index contributed by atoms with van der Waals surface area (Å²) in [7, 11) is -1.89. The Morgan fingerprint density at radius 2 is 1.85 bits per heavy atom. The van der Waals surface area contributed by atoms with Crippen molar-refractivity contribution in [1.29, 1.82) is 0 Å². The lowest BCUT2D eigenvalue weighted by atomic mass is 10.4. The third kappa shape index (κ3) is 5.60. The normalized spacial score (nSPS) is 11.7. The van der Waals surface area contributed by atoms with E-state index in [9.17, 15) is 13.2 Å². The van der Waals surface area contributed by atoms with Crippen LogP contribution >= 0.6 is 11.8 Å². The first-order valence-electron chi connectivity index (χ1n) is 9.02. The van der Waals surface area contributed by atoms with Gasteiger partial charge in [-0.2, -0.15) is 4.31 Å². The third-order valence-corrected chi connectivity index (χ3v) is 7.29. The molecule has 1 aromatic heterocycles. The zero-order valence-corrected chi connectivity index (χ0v) is 17.6. The van der Waals surface area contributed by atoms with Gasteiger partial charge in [0.1, 0.15) is 10.6 Å². The van der Waals surface area contributed by atoms with Gasteiger partial charge in [-0.25, -0.2) is 8.42 Å². The zero-order valence-electron chi connectivity index (χ0n) is 16.0. The van der Waals surface area contributed by atoms with Crippen molar-refractivity contribution in [3.63, 3.8) is 0 Å². The number of hydrogen-bond acceptors (Lipinski definition) is 4. The van der Waals surface area contributed by atoms with Crippen molar-refractivity contribution in [3.05, 3.63) is 48.3 Å². The van der Waals surface area contributed by atoms with E-state index < -0.39 is 10.0 Å². The number of hydrogen-bond donors (Lipinski definition) is 1. The highest BCUT2D eigenvalue weighted by molar-refractivity contribution is 7.99. The Bertz CT molecular complexity index is 844. The molecule has 1 heterocycles. The molecule has 27 heavy (non-hydrogen) atoms. The predicted molar refractivity (Wildman–Crippen MR) is 110 cm³/mol. The molecule has 0 fully saturated rings.